The number of nitrogens with one attached hydrogen (secondary N) is 1. The molecule has 1 N–H and O–H groups in total. The van der Waals surface area contributed by atoms with Crippen LogP contribution in [0.4, 0.5) is 0 Å². The van der Waals surface area contributed by atoms with Gasteiger partial charge in [-0.25, -0.2) is 0 Å². The molecule has 14 heavy (non-hydrogen) atoms. The van der Waals surface area contributed by atoms with Crippen LogP contribution >= 0.6 is 15.9 Å². The third-order valence-electron chi connectivity index (χ3n) is 1.86. The average molecular weight is 265 g/mol. The van der Waals surface area contributed by atoms with Crippen molar-refractivity contribution in [1.29, 1.82) is 0 Å². The van der Waals surface area contributed by atoms with Gasteiger partial charge in [-0.1, -0.05) is 29.8 Å². The quantitative estimate of drug-likeness (QED) is 0.757. The fraction of sp³-hybridized carbons (Fsp3) is 0.778. The van der Waals surface area contributed by atoms with Crippen molar-refractivity contribution in [2.45, 2.75) is 18.7 Å². The van der Waals surface area contributed by atoms with Crippen LogP contribution in [-0.4, -0.2) is 42.2 Å². The molecule has 0 saturated heterocycles. The topological polar surface area (TPSA) is 49.4 Å². The summed E-state index contributed by atoms with van der Waals surface area (Å²) >= 11 is 3.30. The Morgan fingerprint density at radius 1 is 1.43 bits per heavy atom. The molecular formula is C9H17BrN2O2. The molecule has 0 radical (unpaired) electrons. The molecule has 0 fully saturated rings. The Balaban J connectivity index is 4.18. The number of likely N-dealkylation sites (N-methyl/N-ethyl adjacent to an activating group) is 2. The first-order valence-electron chi connectivity index (χ1n) is 4.49. The van der Waals surface area contributed by atoms with Crippen LogP contribution in [0, 0.1) is 5.92 Å². The number of hydrogen-bond donors (Lipinski definition) is 1. The van der Waals surface area contributed by atoms with Gasteiger partial charge >= 0.3 is 0 Å². The number of halogens is 1. The van der Waals surface area contributed by atoms with Crippen LogP contribution in [0.1, 0.15) is 13.8 Å². The minimum absolute atomic E-state index is 0.0661. The van der Waals surface area contributed by atoms with Gasteiger partial charge < -0.3 is 10.2 Å². The van der Waals surface area contributed by atoms with E-state index in [1.807, 2.05) is 13.8 Å². The number of amides is 2. The zero-order chi connectivity index (χ0) is 11.3. The SMILES string of the molecule is CNC(=O)CN(C)C(=O)C(Br)C(C)C. The number of carbonyl (C=O) groups is 2. The molecule has 0 rings (SSSR count). The fourth-order valence-corrected chi connectivity index (χ4v) is 1.22. The van der Waals surface area contributed by atoms with E-state index in [1.54, 1.807) is 14.1 Å². The second-order valence-electron chi connectivity index (χ2n) is 3.51. The number of nitrogens with zero attached hydrogens (tertiary/aromatic N) is 1. The van der Waals surface area contributed by atoms with Crippen LogP contribution in [-0.2, 0) is 9.59 Å². The molecule has 82 valence electrons. The van der Waals surface area contributed by atoms with Crippen molar-refractivity contribution in [1.82, 2.24) is 10.2 Å². The van der Waals surface area contributed by atoms with Crippen LogP contribution in [0.25, 0.3) is 0 Å². The van der Waals surface area contributed by atoms with Crippen molar-refractivity contribution in [3.8, 4) is 0 Å². The molecule has 5 heteroatoms. The predicted molar refractivity (Wildman–Crippen MR) is 59.3 cm³/mol. The van der Waals surface area contributed by atoms with E-state index in [4.69, 9.17) is 0 Å². The molecule has 0 bridgehead atoms. The molecule has 0 aromatic heterocycles. The molecule has 1 unspecified atom stereocenters. The van der Waals surface area contributed by atoms with Gasteiger partial charge in [0.15, 0.2) is 0 Å². The van der Waals surface area contributed by atoms with Crippen molar-refractivity contribution in [3.63, 3.8) is 0 Å². The second kappa shape index (κ2) is 6.01. The lowest BCUT2D eigenvalue weighted by atomic mass is 10.1. The molecule has 0 aliphatic rings. The molecule has 0 aromatic rings. The maximum absolute atomic E-state index is 11.6. The Hall–Kier alpha value is -0.580. The smallest absolute Gasteiger partial charge is 0.239 e. The van der Waals surface area contributed by atoms with E-state index in [-0.39, 0.29) is 29.1 Å². The highest BCUT2D eigenvalue weighted by Gasteiger charge is 2.23. The van der Waals surface area contributed by atoms with Crippen LogP contribution in [0.5, 0.6) is 0 Å². The summed E-state index contributed by atoms with van der Waals surface area (Å²) in [5, 5.41) is 2.47. The van der Waals surface area contributed by atoms with E-state index in [9.17, 15) is 9.59 Å². The average Bonchev–Trinajstić information content (AvgIpc) is 2.14. The van der Waals surface area contributed by atoms with E-state index in [1.165, 1.54) is 4.90 Å². The summed E-state index contributed by atoms with van der Waals surface area (Å²) in [5.74, 6) is -0.0115. The van der Waals surface area contributed by atoms with Gasteiger partial charge in [-0.05, 0) is 5.92 Å². The van der Waals surface area contributed by atoms with Crippen LogP contribution in [0.15, 0.2) is 0 Å². The molecule has 0 heterocycles. The minimum atomic E-state index is -0.225. The largest absolute Gasteiger partial charge is 0.358 e. The lowest BCUT2D eigenvalue weighted by Gasteiger charge is -2.21. The Morgan fingerprint density at radius 2 is 1.93 bits per heavy atom. The fourth-order valence-electron chi connectivity index (χ4n) is 0.868. The van der Waals surface area contributed by atoms with Crippen molar-refractivity contribution in [2.24, 2.45) is 5.92 Å². The van der Waals surface area contributed by atoms with Gasteiger partial charge in [-0.2, -0.15) is 0 Å². The number of hydrogen-bond acceptors (Lipinski definition) is 2. The Morgan fingerprint density at radius 3 is 2.29 bits per heavy atom. The van der Waals surface area contributed by atoms with E-state index in [0.29, 0.717) is 0 Å². The molecule has 4 nitrogen and oxygen atoms in total. The van der Waals surface area contributed by atoms with E-state index in [0.717, 1.165) is 0 Å². The normalized spacial score (nSPS) is 12.4. The first kappa shape index (κ1) is 13.4. The maximum atomic E-state index is 11.6. The Kier molecular flexibility index (Phi) is 5.76. The van der Waals surface area contributed by atoms with Crippen molar-refractivity contribution in [2.75, 3.05) is 20.6 Å². The molecule has 0 spiro atoms. The zero-order valence-corrected chi connectivity index (χ0v) is 10.6. The number of carbonyl (C=O) groups excluding carboxylic acids is 2. The molecule has 2 amide bonds. The highest BCUT2D eigenvalue weighted by atomic mass is 79.9. The Labute approximate surface area is 93.2 Å². The van der Waals surface area contributed by atoms with Gasteiger partial charge in [-0.15, -0.1) is 0 Å². The summed E-state index contributed by atoms with van der Waals surface area (Å²) in [5.41, 5.74) is 0. The molecule has 0 aliphatic heterocycles. The highest BCUT2D eigenvalue weighted by Crippen LogP contribution is 2.14. The third kappa shape index (κ3) is 4.09. The van der Waals surface area contributed by atoms with Crippen molar-refractivity contribution >= 4 is 27.7 Å². The van der Waals surface area contributed by atoms with Crippen LogP contribution in [0.3, 0.4) is 0 Å². The van der Waals surface area contributed by atoms with Gasteiger partial charge in [0.05, 0.1) is 11.4 Å². The first-order chi connectivity index (χ1) is 6.40. The highest BCUT2D eigenvalue weighted by molar-refractivity contribution is 9.10. The number of rotatable bonds is 4. The van der Waals surface area contributed by atoms with Crippen LogP contribution < -0.4 is 5.32 Å². The monoisotopic (exact) mass is 264 g/mol. The summed E-state index contributed by atoms with van der Waals surface area (Å²) < 4.78 is 0. The van der Waals surface area contributed by atoms with E-state index < -0.39 is 0 Å². The van der Waals surface area contributed by atoms with Crippen LogP contribution in [0.2, 0.25) is 0 Å². The summed E-state index contributed by atoms with van der Waals surface area (Å²) in [6, 6.07) is 0. The zero-order valence-electron chi connectivity index (χ0n) is 9.00. The molecule has 0 saturated carbocycles. The summed E-state index contributed by atoms with van der Waals surface area (Å²) in [6.07, 6.45) is 0. The summed E-state index contributed by atoms with van der Waals surface area (Å²) in [4.78, 5) is 23.8. The molecule has 0 aromatic carbocycles. The maximum Gasteiger partial charge on any atom is 0.239 e. The van der Waals surface area contributed by atoms with Crippen molar-refractivity contribution < 1.29 is 9.59 Å². The Bertz CT molecular complexity index is 219. The lowest BCUT2D eigenvalue weighted by molar-refractivity contribution is -0.134. The predicted octanol–water partition coefficient (Wildman–Crippen LogP) is 0.610. The van der Waals surface area contributed by atoms with E-state index >= 15 is 0 Å². The second-order valence-corrected chi connectivity index (χ2v) is 4.50. The lowest BCUT2D eigenvalue weighted by Crippen LogP contribution is -2.41. The third-order valence-corrected chi connectivity index (χ3v) is 3.31. The molecule has 0 aliphatic carbocycles. The van der Waals surface area contributed by atoms with Gasteiger partial charge in [0.25, 0.3) is 0 Å². The van der Waals surface area contributed by atoms with Gasteiger partial charge in [0, 0.05) is 14.1 Å². The standard InChI is InChI=1S/C9H17BrN2O2/c1-6(2)8(10)9(14)12(4)5-7(13)11-3/h6,8H,5H2,1-4H3,(H,11,13). The minimum Gasteiger partial charge on any atom is -0.358 e. The molecule has 1 atom stereocenters. The first-order valence-corrected chi connectivity index (χ1v) is 5.41. The number of alkyl halides is 1. The van der Waals surface area contributed by atoms with Gasteiger partial charge in [0.1, 0.15) is 0 Å². The van der Waals surface area contributed by atoms with Gasteiger partial charge in [0.2, 0.25) is 11.8 Å². The van der Waals surface area contributed by atoms with E-state index in [2.05, 4.69) is 21.2 Å². The summed E-state index contributed by atoms with van der Waals surface area (Å²) in [6.45, 7) is 4.00. The van der Waals surface area contributed by atoms with Crippen molar-refractivity contribution in [3.05, 3.63) is 0 Å². The van der Waals surface area contributed by atoms with Gasteiger partial charge in [-0.3, -0.25) is 9.59 Å². The summed E-state index contributed by atoms with van der Waals surface area (Å²) in [7, 11) is 3.17. The molecular weight excluding hydrogens is 248 g/mol.